The second kappa shape index (κ2) is 7.94. The SMILES string of the molecule is Cc1ccccc1CSCC(=O)Nc1ccc(Cl)c(C(F)(F)F)c1. The van der Waals surface area contributed by atoms with E-state index in [1.54, 1.807) is 0 Å². The summed E-state index contributed by atoms with van der Waals surface area (Å²) < 4.78 is 38.4. The number of alkyl halides is 3. The summed E-state index contributed by atoms with van der Waals surface area (Å²) in [6.45, 7) is 1.99. The van der Waals surface area contributed by atoms with Crippen LogP contribution in [0.4, 0.5) is 18.9 Å². The van der Waals surface area contributed by atoms with E-state index in [0.29, 0.717) is 5.75 Å². The summed E-state index contributed by atoms with van der Waals surface area (Å²) in [6.07, 6.45) is -4.56. The molecule has 128 valence electrons. The van der Waals surface area contributed by atoms with Gasteiger partial charge in [0.05, 0.1) is 16.3 Å². The number of nitrogens with one attached hydrogen (secondary N) is 1. The van der Waals surface area contributed by atoms with Crippen molar-refractivity contribution in [2.24, 2.45) is 0 Å². The molecular weight excluding hydrogens is 359 g/mol. The standard InChI is InChI=1S/C17H15ClF3NOS/c1-11-4-2-3-5-12(11)9-24-10-16(23)22-13-6-7-15(18)14(8-13)17(19,20)21/h2-8H,9-10H2,1H3,(H,22,23). The van der Waals surface area contributed by atoms with Crippen LogP contribution in [0.1, 0.15) is 16.7 Å². The highest BCUT2D eigenvalue weighted by atomic mass is 35.5. The largest absolute Gasteiger partial charge is 0.417 e. The van der Waals surface area contributed by atoms with Gasteiger partial charge in [-0.3, -0.25) is 4.79 Å². The Balaban J connectivity index is 1.92. The Hall–Kier alpha value is -1.66. The van der Waals surface area contributed by atoms with Crippen molar-refractivity contribution >= 4 is 35.0 Å². The molecule has 0 unspecified atom stereocenters. The zero-order valence-electron chi connectivity index (χ0n) is 12.8. The average Bonchev–Trinajstić information content (AvgIpc) is 2.50. The number of amides is 1. The fraction of sp³-hybridized carbons (Fsp3) is 0.235. The van der Waals surface area contributed by atoms with Crippen LogP contribution < -0.4 is 5.32 Å². The first-order valence-corrected chi connectivity index (χ1v) is 8.59. The number of anilines is 1. The molecule has 0 radical (unpaired) electrons. The highest BCUT2D eigenvalue weighted by molar-refractivity contribution is 7.99. The van der Waals surface area contributed by atoms with Gasteiger partial charge >= 0.3 is 6.18 Å². The van der Waals surface area contributed by atoms with Gasteiger partial charge in [-0.15, -0.1) is 11.8 Å². The molecule has 2 aromatic rings. The fourth-order valence-electron chi connectivity index (χ4n) is 2.04. The summed E-state index contributed by atoms with van der Waals surface area (Å²) in [5.41, 5.74) is 1.38. The van der Waals surface area contributed by atoms with Crippen molar-refractivity contribution < 1.29 is 18.0 Å². The Morgan fingerprint density at radius 1 is 1.21 bits per heavy atom. The summed E-state index contributed by atoms with van der Waals surface area (Å²) in [4.78, 5) is 11.9. The number of thioether (sulfide) groups is 1. The fourth-order valence-corrected chi connectivity index (χ4v) is 3.17. The van der Waals surface area contributed by atoms with Crippen LogP contribution in [-0.4, -0.2) is 11.7 Å². The Bertz CT molecular complexity index is 734. The zero-order valence-corrected chi connectivity index (χ0v) is 14.4. The number of aryl methyl sites for hydroxylation is 1. The second-order valence-electron chi connectivity index (χ2n) is 5.16. The van der Waals surface area contributed by atoms with Gasteiger partial charge in [-0.2, -0.15) is 13.2 Å². The van der Waals surface area contributed by atoms with Gasteiger partial charge in [-0.05, 0) is 36.2 Å². The summed E-state index contributed by atoms with van der Waals surface area (Å²) in [5.74, 6) is 0.455. The van der Waals surface area contributed by atoms with Crippen LogP contribution in [0, 0.1) is 6.92 Å². The van der Waals surface area contributed by atoms with Crippen molar-refractivity contribution in [1.82, 2.24) is 0 Å². The third-order valence-corrected chi connectivity index (χ3v) is 4.62. The van der Waals surface area contributed by atoms with Gasteiger partial charge < -0.3 is 5.32 Å². The Labute approximate surface area is 147 Å². The minimum absolute atomic E-state index is 0.0771. The minimum Gasteiger partial charge on any atom is -0.325 e. The maximum Gasteiger partial charge on any atom is 0.417 e. The van der Waals surface area contributed by atoms with Crippen molar-refractivity contribution in [2.75, 3.05) is 11.1 Å². The van der Waals surface area contributed by atoms with Crippen LogP contribution in [0.3, 0.4) is 0 Å². The lowest BCUT2D eigenvalue weighted by atomic mass is 10.1. The van der Waals surface area contributed by atoms with Crippen molar-refractivity contribution in [3.8, 4) is 0 Å². The maximum absolute atomic E-state index is 12.8. The van der Waals surface area contributed by atoms with Gasteiger partial charge in [0.1, 0.15) is 0 Å². The van der Waals surface area contributed by atoms with Gasteiger partial charge in [-0.25, -0.2) is 0 Å². The molecule has 0 aliphatic rings. The third kappa shape index (κ3) is 5.18. The zero-order chi connectivity index (χ0) is 17.7. The lowest BCUT2D eigenvalue weighted by Gasteiger charge is -2.12. The van der Waals surface area contributed by atoms with Gasteiger partial charge in [0.25, 0.3) is 0 Å². The molecule has 0 aliphatic carbocycles. The molecule has 0 spiro atoms. The van der Waals surface area contributed by atoms with Crippen molar-refractivity contribution in [2.45, 2.75) is 18.9 Å². The number of benzene rings is 2. The molecule has 0 bridgehead atoms. The van der Waals surface area contributed by atoms with E-state index in [4.69, 9.17) is 11.6 Å². The summed E-state index contributed by atoms with van der Waals surface area (Å²) >= 11 is 6.95. The Morgan fingerprint density at radius 2 is 1.92 bits per heavy atom. The molecule has 1 N–H and O–H groups in total. The lowest BCUT2D eigenvalue weighted by Crippen LogP contribution is -2.15. The first-order valence-electron chi connectivity index (χ1n) is 7.06. The first-order chi connectivity index (χ1) is 11.3. The van der Waals surface area contributed by atoms with E-state index in [0.717, 1.165) is 23.3 Å². The average molecular weight is 374 g/mol. The molecule has 24 heavy (non-hydrogen) atoms. The molecule has 2 aromatic carbocycles. The summed E-state index contributed by atoms with van der Waals surface area (Å²) in [6, 6.07) is 11.1. The van der Waals surface area contributed by atoms with E-state index in [1.807, 2.05) is 31.2 Å². The number of carbonyl (C=O) groups is 1. The van der Waals surface area contributed by atoms with E-state index in [2.05, 4.69) is 5.32 Å². The molecule has 1 amide bonds. The third-order valence-electron chi connectivity index (χ3n) is 3.31. The van der Waals surface area contributed by atoms with Crippen molar-refractivity contribution in [3.63, 3.8) is 0 Å². The van der Waals surface area contributed by atoms with Crippen LogP contribution in [-0.2, 0) is 16.7 Å². The Kier molecular flexibility index (Phi) is 6.18. The molecular formula is C17H15ClF3NOS. The van der Waals surface area contributed by atoms with Crippen molar-refractivity contribution in [3.05, 3.63) is 64.2 Å². The van der Waals surface area contributed by atoms with E-state index < -0.39 is 16.8 Å². The molecule has 0 saturated heterocycles. The van der Waals surface area contributed by atoms with Gasteiger partial charge in [0.2, 0.25) is 5.91 Å². The smallest absolute Gasteiger partial charge is 0.325 e. The van der Waals surface area contributed by atoms with Crippen LogP contribution in [0.2, 0.25) is 5.02 Å². The molecule has 0 saturated carbocycles. The molecule has 0 heterocycles. The predicted octanol–water partition coefficient (Wildman–Crippen LogP) is 5.54. The first kappa shape index (κ1) is 18.7. The van der Waals surface area contributed by atoms with Crippen molar-refractivity contribution in [1.29, 1.82) is 0 Å². The molecule has 2 nitrogen and oxygen atoms in total. The number of halogens is 4. The highest BCUT2D eigenvalue weighted by Crippen LogP contribution is 2.36. The number of hydrogen-bond donors (Lipinski definition) is 1. The van der Waals surface area contributed by atoms with Gasteiger partial charge in [-0.1, -0.05) is 35.9 Å². The topological polar surface area (TPSA) is 29.1 Å². The van der Waals surface area contributed by atoms with E-state index >= 15 is 0 Å². The van der Waals surface area contributed by atoms with Crippen LogP contribution >= 0.6 is 23.4 Å². The summed E-state index contributed by atoms with van der Waals surface area (Å²) in [7, 11) is 0. The quantitative estimate of drug-likeness (QED) is 0.745. The summed E-state index contributed by atoms with van der Waals surface area (Å²) in [5, 5.41) is 2.07. The number of carbonyl (C=O) groups excluding carboxylic acids is 1. The van der Waals surface area contributed by atoms with Gasteiger partial charge in [0.15, 0.2) is 0 Å². The van der Waals surface area contributed by atoms with Gasteiger partial charge in [0, 0.05) is 11.4 Å². The van der Waals surface area contributed by atoms with E-state index in [1.165, 1.54) is 17.8 Å². The maximum atomic E-state index is 12.8. The number of rotatable bonds is 5. The second-order valence-corrected chi connectivity index (χ2v) is 6.55. The lowest BCUT2D eigenvalue weighted by molar-refractivity contribution is -0.137. The van der Waals surface area contributed by atoms with E-state index in [-0.39, 0.29) is 17.3 Å². The monoisotopic (exact) mass is 373 g/mol. The number of hydrogen-bond acceptors (Lipinski definition) is 2. The van der Waals surface area contributed by atoms with Crippen LogP contribution in [0.15, 0.2) is 42.5 Å². The molecule has 0 aromatic heterocycles. The normalized spacial score (nSPS) is 11.4. The minimum atomic E-state index is -4.56. The molecule has 0 fully saturated rings. The van der Waals surface area contributed by atoms with E-state index in [9.17, 15) is 18.0 Å². The van der Waals surface area contributed by atoms with Crippen LogP contribution in [0.25, 0.3) is 0 Å². The molecule has 0 aliphatic heterocycles. The molecule has 7 heteroatoms. The predicted molar refractivity (Wildman–Crippen MR) is 92.4 cm³/mol. The molecule has 2 rings (SSSR count). The molecule has 0 atom stereocenters. The highest BCUT2D eigenvalue weighted by Gasteiger charge is 2.33. The Morgan fingerprint density at radius 3 is 2.58 bits per heavy atom. The van der Waals surface area contributed by atoms with Crippen LogP contribution in [0.5, 0.6) is 0 Å².